The first kappa shape index (κ1) is 13.8. The van der Waals surface area contributed by atoms with Crippen molar-refractivity contribution in [1.82, 2.24) is 4.90 Å². The second kappa shape index (κ2) is 5.17. The third-order valence-corrected chi connectivity index (χ3v) is 5.88. The predicted octanol–water partition coefficient (Wildman–Crippen LogP) is 0.0405. The molecular weight excluding hydrogens is 254 g/mol. The molecule has 0 radical (unpaired) electrons. The van der Waals surface area contributed by atoms with Crippen LogP contribution in [0.15, 0.2) is 0 Å². The van der Waals surface area contributed by atoms with Crippen molar-refractivity contribution in [2.45, 2.75) is 32.3 Å². The second-order valence-electron chi connectivity index (χ2n) is 5.50. The van der Waals surface area contributed by atoms with Gasteiger partial charge in [-0.3, -0.25) is 4.79 Å². The smallest absolute Gasteiger partial charge is 0.226 e. The van der Waals surface area contributed by atoms with Crippen molar-refractivity contribution in [3.63, 3.8) is 0 Å². The van der Waals surface area contributed by atoms with Gasteiger partial charge in [0.15, 0.2) is 9.84 Å². The highest BCUT2D eigenvalue weighted by molar-refractivity contribution is 7.91. The van der Waals surface area contributed by atoms with E-state index in [1.54, 1.807) is 11.8 Å². The van der Waals surface area contributed by atoms with E-state index in [9.17, 15) is 18.3 Å². The van der Waals surface area contributed by atoms with Crippen molar-refractivity contribution < 1.29 is 18.3 Å². The van der Waals surface area contributed by atoms with Gasteiger partial charge in [0.25, 0.3) is 0 Å². The van der Waals surface area contributed by atoms with Crippen LogP contribution in [-0.2, 0) is 14.6 Å². The molecule has 2 unspecified atom stereocenters. The van der Waals surface area contributed by atoms with Gasteiger partial charge in [0.05, 0.1) is 23.5 Å². The monoisotopic (exact) mass is 275 g/mol. The van der Waals surface area contributed by atoms with E-state index in [0.717, 1.165) is 12.8 Å². The highest BCUT2D eigenvalue weighted by Gasteiger charge is 2.36. The highest BCUT2D eigenvalue weighted by Crippen LogP contribution is 2.25. The molecule has 1 amide bonds. The van der Waals surface area contributed by atoms with Crippen LogP contribution in [0.25, 0.3) is 0 Å². The number of likely N-dealkylation sites (tertiary alicyclic amines) is 1. The SMILES string of the molecule is CC(O)C1CCN(C(=O)C2CCS(=O)(=O)C2)CC1. The number of amides is 1. The number of piperidine rings is 1. The van der Waals surface area contributed by atoms with E-state index in [1.807, 2.05) is 0 Å². The van der Waals surface area contributed by atoms with Gasteiger partial charge in [0, 0.05) is 13.1 Å². The normalized spacial score (nSPS) is 30.3. The van der Waals surface area contributed by atoms with E-state index in [0.29, 0.717) is 19.5 Å². The maximum absolute atomic E-state index is 12.2. The standard InChI is InChI=1S/C12H21NO4S/c1-9(14)10-2-5-13(6-3-10)12(15)11-4-7-18(16,17)8-11/h9-11,14H,2-8H2,1H3. The maximum Gasteiger partial charge on any atom is 0.226 e. The number of carbonyl (C=O) groups is 1. The summed E-state index contributed by atoms with van der Waals surface area (Å²) in [5.74, 6) is 0.0787. The Bertz CT molecular complexity index is 410. The van der Waals surface area contributed by atoms with E-state index >= 15 is 0 Å². The van der Waals surface area contributed by atoms with Crippen molar-refractivity contribution in [3.05, 3.63) is 0 Å². The lowest BCUT2D eigenvalue weighted by atomic mass is 9.91. The van der Waals surface area contributed by atoms with Gasteiger partial charge in [0.1, 0.15) is 0 Å². The Morgan fingerprint density at radius 3 is 2.33 bits per heavy atom. The third-order valence-electron chi connectivity index (χ3n) is 4.12. The number of rotatable bonds is 2. The summed E-state index contributed by atoms with van der Waals surface area (Å²) in [4.78, 5) is 13.9. The van der Waals surface area contributed by atoms with Crippen LogP contribution in [0.4, 0.5) is 0 Å². The molecule has 0 aromatic carbocycles. The summed E-state index contributed by atoms with van der Waals surface area (Å²) in [6, 6.07) is 0. The lowest BCUT2D eigenvalue weighted by molar-refractivity contribution is -0.136. The molecule has 104 valence electrons. The van der Waals surface area contributed by atoms with Gasteiger partial charge >= 0.3 is 0 Å². The number of nitrogens with zero attached hydrogens (tertiary/aromatic N) is 1. The van der Waals surface area contributed by atoms with Gasteiger partial charge in [-0.2, -0.15) is 0 Å². The molecule has 5 nitrogen and oxygen atoms in total. The lowest BCUT2D eigenvalue weighted by Crippen LogP contribution is -2.43. The summed E-state index contributed by atoms with van der Waals surface area (Å²) < 4.78 is 22.7. The molecule has 0 aliphatic carbocycles. The Morgan fingerprint density at radius 1 is 1.28 bits per heavy atom. The molecule has 2 atom stereocenters. The van der Waals surface area contributed by atoms with E-state index in [1.165, 1.54) is 0 Å². The Kier molecular flexibility index (Phi) is 3.96. The summed E-state index contributed by atoms with van der Waals surface area (Å²) in [5.41, 5.74) is 0. The zero-order valence-corrected chi connectivity index (χ0v) is 11.5. The summed E-state index contributed by atoms with van der Waals surface area (Å²) in [6.45, 7) is 3.07. The average Bonchev–Trinajstić information content (AvgIpc) is 2.69. The van der Waals surface area contributed by atoms with Crippen LogP contribution in [0.1, 0.15) is 26.2 Å². The van der Waals surface area contributed by atoms with E-state index in [-0.39, 0.29) is 35.4 Å². The molecule has 2 fully saturated rings. The molecule has 0 saturated carbocycles. The minimum atomic E-state index is -2.99. The number of hydrogen-bond donors (Lipinski definition) is 1. The van der Waals surface area contributed by atoms with Gasteiger partial charge in [-0.25, -0.2) is 8.42 Å². The molecule has 0 aromatic rings. The molecule has 2 aliphatic heterocycles. The van der Waals surface area contributed by atoms with Crippen LogP contribution in [0.2, 0.25) is 0 Å². The number of aliphatic hydroxyl groups is 1. The molecule has 2 heterocycles. The van der Waals surface area contributed by atoms with Crippen LogP contribution < -0.4 is 0 Å². The predicted molar refractivity (Wildman–Crippen MR) is 67.7 cm³/mol. The molecule has 2 aliphatic rings. The summed E-state index contributed by atoms with van der Waals surface area (Å²) in [7, 11) is -2.99. The summed E-state index contributed by atoms with van der Waals surface area (Å²) in [6.07, 6.45) is 1.76. The van der Waals surface area contributed by atoms with Crippen molar-refractivity contribution in [1.29, 1.82) is 0 Å². The van der Waals surface area contributed by atoms with Crippen molar-refractivity contribution in [2.75, 3.05) is 24.6 Å². The highest BCUT2D eigenvalue weighted by atomic mass is 32.2. The summed E-state index contributed by atoms with van der Waals surface area (Å²) >= 11 is 0. The van der Waals surface area contributed by atoms with E-state index in [4.69, 9.17) is 0 Å². The first-order valence-corrected chi connectivity index (χ1v) is 8.38. The molecule has 0 aromatic heterocycles. The number of aliphatic hydroxyl groups excluding tert-OH is 1. The minimum absolute atomic E-state index is 0.0138. The molecule has 2 saturated heterocycles. The van der Waals surface area contributed by atoms with Gasteiger partial charge in [0.2, 0.25) is 5.91 Å². The summed E-state index contributed by atoms with van der Waals surface area (Å²) in [5, 5.41) is 9.50. The third kappa shape index (κ3) is 3.03. The Balaban J connectivity index is 1.89. The van der Waals surface area contributed by atoms with Crippen molar-refractivity contribution >= 4 is 15.7 Å². The van der Waals surface area contributed by atoms with E-state index in [2.05, 4.69) is 0 Å². The fraction of sp³-hybridized carbons (Fsp3) is 0.917. The Labute approximate surface area is 108 Å². The average molecular weight is 275 g/mol. The second-order valence-corrected chi connectivity index (χ2v) is 7.73. The first-order valence-electron chi connectivity index (χ1n) is 6.56. The number of carbonyl (C=O) groups excluding carboxylic acids is 1. The number of hydrogen-bond acceptors (Lipinski definition) is 4. The van der Waals surface area contributed by atoms with Gasteiger partial charge in [-0.05, 0) is 32.1 Å². The van der Waals surface area contributed by atoms with Crippen LogP contribution >= 0.6 is 0 Å². The van der Waals surface area contributed by atoms with Crippen LogP contribution in [0, 0.1) is 11.8 Å². The topological polar surface area (TPSA) is 74.7 Å². The first-order chi connectivity index (χ1) is 8.39. The molecule has 0 spiro atoms. The quantitative estimate of drug-likeness (QED) is 0.772. The van der Waals surface area contributed by atoms with Crippen molar-refractivity contribution in [2.24, 2.45) is 11.8 Å². The van der Waals surface area contributed by atoms with E-state index < -0.39 is 9.84 Å². The van der Waals surface area contributed by atoms with Crippen LogP contribution in [-0.4, -0.2) is 55.0 Å². The maximum atomic E-state index is 12.2. The minimum Gasteiger partial charge on any atom is -0.393 e. The van der Waals surface area contributed by atoms with Gasteiger partial charge in [-0.1, -0.05) is 0 Å². The fourth-order valence-corrected chi connectivity index (χ4v) is 4.58. The Morgan fingerprint density at radius 2 is 1.89 bits per heavy atom. The largest absolute Gasteiger partial charge is 0.393 e. The lowest BCUT2D eigenvalue weighted by Gasteiger charge is -2.34. The molecule has 18 heavy (non-hydrogen) atoms. The number of sulfone groups is 1. The van der Waals surface area contributed by atoms with Crippen LogP contribution in [0.3, 0.4) is 0 Å². The molecule has 6 heteroatoms. The molecule has 2 rings (SSSR count). The Hall–Kier alpha value is -0.620. The zero-order chi connectivity index (χ0) is 13.3. The van der Waals surface area contributed by atoms with Crippen LogP contribution in [0.5, 0.6) is 0 Å². The fourth-order valence-electron chi connectivity index (χ4n) is 2.85. The zero-order valence-electron chi connectivity index (χ0n) is 10.7. The molecule has 0 bridgehead atoms. The molecule has 1 N–H and O–H groups in total. The molecular formula is C12H21NO4S. The van der Waals surface area contributed by atoms with Gasteiger partial charge in [-0.15, -0.1) is 0 Å². The van der Waals surface area contributed by atoms with Gasteiger partial charge < -0.3 is 10.0 Å². The van der Waals surface area contributed by atoms with Crippen molar-refractivity contribution in [3.8, 4) is 0 Å².